The molecule has 0 fully saturated rings. The lowest BCUT2D eigenvalue weighted by Crippen LogP contribution is -2.02. The van der Waals surface area contributed by atoms with Gasteiger partial charge in [0, 0.05) is 5.69 Å². The maximum Gasteiger partial charge on any atom is 0.137 e. The number of halogens is 2. The van der Waals surface area contributed by atoms with E-state index in [0.29, 0.717) is 20.6 Å². The molecule has 2 aromatic rings. The second kappa shape index (κ2) is 5.84. The van der Waals surface area contributed by atoms with Gasteiger partial charge in [-0.2, -0.15) is 0 Å². The van der Waals surface area contributed by atoms with Crippen LogP contribution in [0.4, 0.5) is 10.1 Å². The fourth-order valence-corrected chi connectivity index (χ4v) is 3.63. The van der Waals surface area contributed by atoms with Crippen LogP contribution in [0.5, 0.6) is 0 Å². The van der Waals surface area contributed by atoms with Gasteiger partial charge in [0.1, 0.15) is 5.82 Å². The van der Waals surface area contributed by atoms with Gasteiger partial charge in [0.25, 0.3) is 0 Å². The molecule has 0 aliphatic carbocycles. The average Bonchev–Trinajstić information content (AvgIpc) is 2.38. The highest BCUT2D eigenvalue weighted by Crippen LogP contribution is 2.25. The third-order valence-corrected chi connectivity index (χ3v) is 5.04. The van der Waals surface area contributed by atoms with E-state index in [4.69, 9.17) is 5.73 Å². The zero-order chi connectivity index (χ0) is 14.0. The SMILES string of the molecule is Cc1ccc(N)c(S(=O)Cc2cccc(F)c2Br)c1. The van der Waals surface area contributed by atoms with Crippen molar-refractivity contribution in [3.8, 4) is 0 Å². The molecule has 0 saturated heterocycles. The van der Waals surface area contributed by atoms with E-state index in [9.17, 15) is 8.60 Å². The third-order valence-electron chi connectivity index (χ3n) is 2.73. The molecule has 1 atom stereocenters. The molecule has 2 aromatic carbocycles. The normalized spacial score (nSPS) is 12.4. The number of nitrogen functional groups attached to an aromatic ring is 1. The minimum atomic E-state index is -1.30. The van der Waals surface area contributed by atoms with Gasteiger partial charge in [0.05, 0.1) is 25.9 Å². The first-order valence-corrected chi connectivity index (χ1v) is 7.77. The first kappa shape index (κ1) is 14.2. The molecule has 0 heterocycles. The van der Waals surface area contributed by atoms with E-state index in [0.717, 1.165) is 5.56 Å². The monoisotopic (exact) mass is 341 g/mol. The molecule has 0 aliphatic rings. The van der Waals surface area contributed by atoms with Crippen LogP contribution in [-0.4, -0.2) is 4.21 Å². The molecule has 100 valence electrons. The lowest BCUT2D eigenvalue weighted by atomic mass is 10.2. The van der Waals surface area contributed by atoms with E-state index in [1.54, 1.807) is 24.3 Å². The van der Waals surface area contributed by atoms with E-state index in [-0.39, 0.29) is 11.6 Å². The minimum absolute atomic E-state index is 0.228. The van der Waals surface area contributed by atoms with Gasteiger partial charge in [-0.3, -0.25) is 4.21 Å². The van der Waals surface area contributed by atoms with Crippen LogP contribution in [0.1, 0.15) is 11.1 Å². The maximum absolute atomic E-state index is 13.4. The standard InChI is InChI=1S/C14H13BrFNOS/c1-9-5-6-12(17)13(7-9)19(18)8-10-3-2-4-11(16)14(10)15/h2-7H,8,17H2,1H3. The van der Waals surface area contributed by atoms with Crippen LogP contribution in [-0.2, 0) is 16.6 Å². The zero-order valence-corrected chi connectivity index (χ0v) is 12.7. The Morgan fingerprint density at radius 1 is 1.32 bits per heavy atom. The highest BCUT2D eigenvalue weighted by atomic mass is 79.9. The highest BCUT2D eigenvalue weighted by molar-refractivity contribution is 9.10. The quantitative estimate of drug-likeness (QED) is 0.863. The van der Waals surface area contributed by atoms with Crippen LogP contribution in [0, 0.1) is 12.7 Å². The Morgan fingerprint density at radius 2 is 2.05 bits per heavy atom. The number of hydrogen-bond acceptors (Lipinski definition) is 2. The molecule has 2 N–H and O–H groups in total. The Kier molecular flexibility index (Phi) is 4.37. The summed E-state index contributed by atoms with van der Waals surface area (Å²) in [6, 6.07) is 10.1. The lowest BCUT2D eigenvalue weighted by molar-refractivity contribution is 0.619. The Balaban J connectivity index is 2.31. The van der Waals surface area contributed by atoms with Crippen molar-refractivity contribution in [1.82, 2.24) is 0 Å². The minimum Gasteiger partial charge on any atom is -0.398 e. The van der Waals surface area contributed by atoms with Gasteiger partial charge in [-0.15, -0.1) is 0 Å². The van der Waals surface area contributed by atoms with Crippen molar-refractivity contribution < 1.29 is 8.60 Å². The second-order valence-electron chi connectivity index (χ2n) is 4.24. The largest absolute Gasteiger partial charge is 0.398 e. The molecule has 0 radical (unpaired) electrons. The van der Waals surface area contributed by atoms with Gasteiger partial charge in [0.15, 0.2) is 0 Å². The van der Waals surface area contributed by atoms with Crippen molar-refractivity contribution in [3.05, 3.63) is 57.8 Å². The number of nitrogens with two attached hydrogens (primary N) is 1. The van der Waals surface area contributed by atoms with Crippen molar-refractivity contribution in [1.29, 1.82) is 0 Å². The van der Waals surface area contributed by atoms with Crippen molar-refractivity contribution in [3.63, 3.8) is 0 Å². The van der Waals surface area contributed by atoms with Crippen LogP contribution < -0.4 is 5.73 Å². The molecule has 19 heavy (non-hydrogen) atoms. The predicted molar refractivity (Wildman–Crippen MR) is 79.8 cm³/mol. The molecule has 0 amide bonds. The Bertz CT molecular complexity index is 645. The Labute approximate surface area is 122 Å². The first-order valence-electron chi connectivity index (χ1n) is 5.66. The molecule has 2 rings (SSSR count). The summed E-state index contributed by atoms with van der Waals surface area (Å²) in [4.78, 5) is 0.594. The summed E-state index contributed by atoms with van der Waals surface area (Å²) >= 11 is 3.17. The van der Waals surface area contributed by atoms with Crippen LogP contribution >= 0.6 is 15.9 Å². The van der Waals surface area contributed by atoms with Crippen LogP contribution in [0.15, 0.2) is 45.8 Å². The molecule has 2 nitrogen and oxygen atoms in total. The highest BCUT2D eigenvalue weighted by Gasteiger charge is 2.12. The number of hydrogen-bond donors (Lipinski definition) is 1. The molecular weight excluding hydrogens is 329 g/mol. The van der Waals surface area contributed by atoms with Crippen molar-refractivity contribution in [2.24, 2.45) is 0 Å². The van der Waals surface area contributed by atoms with E-state index in [2.05, 4.69) is 15.9 Å². The van der Waals surface area contributed by atoms with Crippen molar-refractivity contribution in [2.75, 3.05) is 5.73 Å². The molecule has 0 saturated carbocycles. The van der Waals surface area contributed by atoms with E-state index in [1.807, 2.05) is 13.0 Å². The summed E-state index contributed by atoms with van der Waals surface area (Å²) in [5, 5.41) is 0. The molecule has 1 unspecified atom stereocenters. The van der Waals surface area contributed by atoms with E-state index < -0.39 is 10.8 Å². The van der Waals surface area contributed by atoms with Gasteiger partial charge >= 0.3 is 0 Å². The summed E-state index contributed by atoms with van der Waals surface area (Å²) < 4.78 is 26.1. The number of benzene rings is 2. The summed E-state index contributed by atoms with van der Waals surface area (Å²) in [6.07, 6.45) is 0. The number of aryl methyl sites for hydroxylation is 1. The summed E-state index contributed by atoms with van der Waals surface area (Å²) in [5.74, 6) is -0.127. The van der Waals surface area contributed by atoms with Gasteiger partial charge < -0.3 is 5.73 Å². The Hall–Kier alpha value is -1.20. The third kappa shape index (κ3) is 3.22. The molecule has 0 aromatic heterocycles. The smallest absolute Gasteiger partial charge is 0.137 e. The van der Waals surface area contributed by atoms with Crippen LogP contribution in [0.3, 0.4) is 0 Å². The van der Waals surface area contributed by atoms with Crippen molar-refractivity contribution in [2.45, 2.75) is 17.6 Å². The van der Waals surface area contributed by atoms with Gasteiger partial charge in [-0.1, -0.05) is 18.2 Å². The van der Waals surface area contributed by atoms with Gasteiger partial charge in [-0.05, 0) is 52.2 Å². The number of rotatable bonds is 3. The Morgan fingerprint density at radius 3 is 2.79 bits per heavy atom. The number of anilines is 1. The van der Waals surface area contributed by atoms with E-state index >= 15 is 0 Å². The van der Waals surface area contributed by atoms with Gasteiger partial charge in [-0.25, -0.2) is 4.39 Å². The molecule has 0 bridgehead atoms. The fraction of sp³-hybridized carbons (Fsp3) is 0.143. The fourth-order valence-electron chi connectivity index (χ4n) is 1.72. The summed E-state index contributed by atoms with van der Waals surface area (Å²) in [6.45, 7) is 1.91. The van der Waals surface area contributed by atoms with E-state index in [1.165, 1.54) is 6.07 Å². The summed E-state index contributed by atoms with van der Waals surface area (Å²) in [5.41, 5.74) is 7.99. The van der Waals surface area contributed by atoms with Crippen LogP contribution in [0.2, 0.25) is 0 Å². The second-order valence-corrected chi connectivity index (χ2v) is 6.46. The molecule has 0 aliphatic heterocycles. The zero-order valence-electron chi connectivity index (χ0n) is 10.3. The topological polar surface area (TPSA) is 43.1 Å². The van der Waals surface area contributed by atoms with Gasteiger partial charge in [0.2, 0.25) is 0 Å². The molecular formula is C14H13BrFNOS. The first-order chi connectivity index (χ1) is 8.99. The molecule has 5 heteroatoms. The van der Waals surface area contributed by atoms with Crippen LogP contribution in [0.25, 0.3) is 0 Å². The van der Waals surface area contributed by atoms with Crippen molar-refractivity contribution >= 4 is 32.4 Å². The predicted octanol–water partition coefficient (Wildman–Crippen LogP) is 3.79. The summed E-state index contributed by atoms with van der Waals surface area (Å²) in [7, 11) is -1.30. The average molecular weight is 342 g/mol. The maximum atomic E-state index is 13.4. The lowest BCUT2D eigenvalue weighted by Gasteiger charge is -2.08. The molecule has 0 spiro atoms.